The highest BCUT2D eigenvalue weighted by atomic mass is 16.7. The van der Waals surface area contributed by atoms with Crippen LogP contribution >= 0.6 is 0 Å². The molecule has 112 valence electrons. The summed E-state index contributed by atoms with van der Waals surface area (Å²) in [5.41, 5.74) is 2.45. The molecule has 0 amide bonds. The average Bonchev–Trinajstić information content (AvgIpc) is 3.27. The lowest BCUT2D eigenvalue weighted by Crippen LogP contribution is -2.33. The van der Waals surface area contributed by atoms with E-state index in [4.69, 9.17) is 9.47 Å². The summed E-state index contributed by atoms with van der Waals surface area (Å²) in [6.07, 6.45) is 3.85. The van der Waals surface area contributed by atoms with Crippen LogP contribution in [-0.4, -0.2) is 5.79 Å². The van der Waals surface area contributed by atoms with E-state index in [1.165, 1.54) is 11.1 Å². The fourth-order valence-corrected chi connectivity index (χ4v) is 3.33. The Hall–Kier alpha value is -1.90. The summed E-state index contributed by atoms with van der Waals surface area (Å²) in [6, 6.07) is 20.9. The lowest BCUT2D eigenvalue weighted by molar-refractivity contribution is -0.273. The summed E-state index contributed by atoms with van der Waals surface area (Å²) < 4.78 is 12.7. The van der Waals surface area contributed by atoms with Gasteiger partial charge in [0.1, 0.15) is 0 Å². The minimum atomic E-state index is -0.471. The minimum Gasteiger partial charge on any atom is -0.341 e. The molecule has 3 atom stereocenters. The Labute approximate surface area is 131 Å². The van der Waals surface area contributed by atoms with Crippen molar-refractivity contribution in [3.63, 3.8) is 0 Å². The molecule has 1 heterocycles. The molecule has 1 aliphatic carbocycles. The van der Waals surface area contributed by atoms with Crippen LogP contribution in [0.5, 0.6) is 0 Å². The third-order valence-corrected chi connectivity index (χ3v) is 4.65. The third-order valence-electron chi connectivity index (χ3n) is 4.65. The molecule has 22 heavy (non-hydrogen) atoms. The first-order chi connectivity index (χ1) is 10.8. The first-order valence-corrected chi connectivity index (χ1v) is 7.89. The maximum Gasteiger partial charge on any atom is 0.177 e. The van der Waals surface area contributed by atoms with Gasteiger partial charge in [0.05, 0.1) is 12.2 Å². The standard InChI is InChI=1S/C20H20O2/c1-2-17-14-20(17)21-18(15-9-5-3-6-10-15)13-19(22-20)16-11-7-4-8-12-16/h2-12,17-19H,1,13-14H2. The third kappa shape index (κ3) is 2.39. The fraction of sp³-hybridized carbons (Fsp3) is 0.300. The number of rotatable bonds is 3. The van der Waals surface area contributed by atoms with Gasteiger partial charge in [0, 0.05) is 18.8 Å². The van der Waals surface area contributed by atoms with E-state index in [9.17, 15) is 0 Å². The van der Waals surface area contributed by atoms with Crippen LogP contribution in [0.25, 0.3) is 0 Å². The molecule has 2 nitrogen and oxygen atoms in total. The van der Waals surface area contributed by atoms with Gasteiger partial charge in [0.2, 0.25) is 0 Å². The Morgan fingerprint density at radius 1 is 0.864 bits per heavy atom. The van der Waals surface area contributed by atoms with Crippen molar-refractivity contribution < 1.29 is 9.47 Å². The molecule has 2 heteroatoms. The highest BCUT2D eigenvalue weighted by Gasteiger charge is 2.60. The molecule has 3 unspecified atom stereocenters. The Kier molecular flexibility index (Phi) is 3.36. The average molecular weight is 292 g/mol. The summed E-state index contributed by atoms with van der Waals surface area (Å²) >= 11 is 0. The van der Waals surface area contributed by atoms with Crippen LogP contribution in [-0.2, 0) is 9.47 Å². The number of hydrogen-bond donors (Lipinski definition) is 0. The number of hydrogen-bond acceptors (Lipinski definition) is 2. The predicted molar refractivity (Wildman–Crippen MR) is 86.2 cm³/mol. The van der Waals surface area contributed by atoms with Gasteiger partial charge in [-0.25, -0.2) is 0 Å². The summed E-state index contributed by atoms with van der Waals surface area (Å²) in [5, 5.41) is 0. The first kappa shape index (κ1) is 13.7. The molecule has 0 aromatic heterocycles. The van der Waals surface area contributed by atoms with Crippen molar-refractivity contribution in [1.29, 1.82) is 0 Å². The van der Waals surface area contributed by atoms with Crippen LogP contribution in [0.4, 0.5) is 0 Å². The molecule has 2 aromatic carbocycles. The molecule has 2 aromatic rings. The monoisotopic (exact) mass is 292 g/mol. The lowest BCUT2D eigenvalue weighted by atomic mass is 9.97. The van der Waals surface area contributed by atoms with Gasteiger partial charge in [0.25, 0.3) is 0 Å². The molecule has 1 aliphatic heterocycles. The van der Waals surface area contributed by atoms with Gasteiger partial charge in [0.15, 0.2) is 5.79 Å². The van der Waals surface area contributed by atoms with Crippen molar-refractivity contribution in [1.82, 2.24) is 0 Å². The second-order valence-electron chi connectivity index (χ2n) is 6.13. The van der Waals surface area contributed by atoms with Crippen LogP contribution < -0.4 is 0 Å². The molecule has 0 bridgehead atoms. The first-order valence-electron chi connectivity index (χ1n) is 7.89. The highest BCUT2D eigenvalue weighted by Crippen LogP contribution is 2.58. The van der Waals surface area contributed by atoms with Crippen LogP contribution in [0, 0.1) is 5.92 Å². The van der Waals surface area contributed by atoms with Gasteiger partial charge < -0.3 is 9.47 Å². The van der Waals surface area contributed by atoms with Crippen LogP contribution in [0.1, 0.15) is 36.2 Å². The molecule has 0 N–H and O–H groups in total. The van der Waals surface area contributed by atoms with Crippen molar-refractivity contribution in [2.24, 2.45) is 5.92 Å². The van der Waals surface area contributed by atoms with Crippen molar-refractivity contribution in [2.75, 3.05) is 0 Å². The van der Waals surface area contributed by atoms with Gasteiger partial charge >= 0.3 is 0 Å². The summed E-state index contributed by atoms with van der Waals surface area (Å²) in [5.74, 6) is -0.175. The summed E-state index contributed by atoms with van der Waals surface area (Å²) in [4.78, 5) is 0. The Morgan fingerprint density at radius 3 is 1.77 bits per heavy atom. The number of benzene rings is 2. The fourth-order valence-electron chi connectivity index (χ4n) is 3.33. The Balaban J connectivity index is 1.65. The van der Waals surface area contributed by atoms with E-state index in [2.05, 4.69) is 55.1 Å². The summed E-state index contributed by atoms with van der Waals surface area (Å²) in [7, 11) is 0. The molecule has 1 saturated heterocycles. The topological polar surface area (TPSA) is 18.5 Å². The smallest absolute Gasteiger partial charge is 0.177 e. The number of ether oxygens (including phenoxy) is 2. The zero-order valence-corrected chi connectivity index (χ0v) is 12.5. The zero-order valence-electron chi connectivity index (χ0n) is 12.5. The van der Waals surface area contributed by atoms with Gasteiger partial charge in [-0.05, 0) is 11.1 Å². The van der Waals surface area contributed by atoms with E-state index in [-0.39, 0.29) is 12.2 Å². The van der Waals surface area contributed by atoms with Crippen LogP contribution in [0.15, 0.2) is 73.3 Å². The van der Waals surface area contributed by atoms with E-state index >= 15 is 0 Å². The molecule has 1 spiro atoms. The van der Waals surface area contributed by atoms with Crippen molar-refractivity contribution >= 4 is 0 Å². The van der Waals surface area contributed by atoms with Crippen LogP contribution in [0.3, 0.4) is 0 Å². The van der Waals surface area contributed by atoms with Crippen molar-refractivity contribution in [3.8, 4) is 0 Å². The Morgan fingerprint density at radius 2 is 1.36 bits per heavy atom. The van der Waals surface area contributed by atoms with Crippen molar-refractivity contribution in [2.45, 2.75) is 30.8 Å². The molecular formula is C20H20O2. The zero-order chi connectivity index (χ0) is 15.0. The molecular weight excluding hydrogens is 272 g/mol. The normalized spacial score (nSPS) is 33.5. The van der Waals surface area contributed by atoms with E-state index in [1.807, 2.05) is 18.2 Å². The van der Waals surface area contributed by atoms with Gasteiger partial charge in [-0.3, -0.25) is 0 Å². The van der Waals surface area contributed by atoms with Gasteiger partial charge in [-0.1, -0.05) is 66.7 Å². The predicted octanol–water partition coefficient (Wildman–Crippen LogP) is 4.81. The maximum atomic E-state index is 6.33. The molecule has 2 aliphatic rings. The highest BCUT2D eigenvalue weighted by molar-refractivity contribution is 5.24. The molecule has 4 rings (SSSR count). The second kappa shape index (κ2) is 5.38. The van der Waals surface area contributed by atoms with E-state index < -0.39 is 5.79 Å². The second-order valence-corrected chi connectivity index (χ2v) is 6.13. The quantitative estimate of drug-likeness (QED) is 0.756. The van der Waals surface area contributed by atoms with Gasteiger partial charge in [-0.2, -0.15) is 0 Å². The Bertz CT molecular complexity index is 602. The van der Waals surface area contributed by atoms with Crippen LogP contribution in [0.2, 0.25) is 0 Å². The maximum absolute atomic E-state index is 6.33. The summed E-state index contributed by atoms with van der Waals surface area (Å²) in [6.45, 7) is 3.91. The van der Waals surface area contributed by atoms with E-state index in [0.717, 1.165) is 12.8 Å². The largest absolute Gasteiger partial charge is 0.341 e. The van der Waals surface area contributed by atoms with E-state index in [1.54, 1.807) is 0 Å². The molecule has 1 saturated carbocycles. The van der Waals surface area contributed by atoms with E-state index in [0.29, 0.717) is 5.92 Å². The molecule has 2 fully saturated rings. The van der Waals surface area contributed by atoms with Gasteiger partial charge in [-0.15, -0.1) is 6.58 Å². The minimum absolute atomic E-state index is 0.0742. The SMILES string of the molecule is C=CC1CC12OC(c1ccccc1)CC(c1ccccc1)O2. The van der Waals surface area contributed by atoms with Crippen molar-refractivity contribution in [3.05, 3.63) is 84.4 Å². The molecule has 0 radical (unpaired) electrons. The lowest BCUT2D eigenvalue weighted by Gasteiger charge is -2.37.